The minimum atomic E-state index is -0.325. The molecule has 1 aliphatic carbocycles. The summed E-state index contributed by atoms with van der Waals surface area (Å²) in [6.45, 7) is 10.1. The highest BCUT2D eigenvalue weighted by atomic mass is 16.3. The van der Waals surface area contributed by atoms with Crippen LogP contribution in [0, 0.1) is 29.6 Å². The molecule has 1 heteroatoms. The molecule has 0 bridgehead atoms. The van der Waals surface area contributed by atoms with E-state index in [1.54, 1.807) is 0 Å². The second-order valence-corrected chi connectivity index (χ2v) is 4.25. The van der Waals surface area contributed by atoms with Crippen LogP contribution in [0.1, 0.15) is 33.6 Å². The van der Waals surface area contributed by atoms with Crippen molar-refractivity contribution in [2.45, 2.75) is 39.7 Å². The second kappa shape index (κ2) is 4.66. The Bertz CT molecular complexity index is 269. The van der Waals surface area contributed by atoms with Gasteiger partial charge in [-0.05, 0) is 25.2 Å². The zero-order chi connectivity index (χ0) is 10.7. The Morgan fingerprint density at radius 1 is 1.57 bits per heavy atom. The Balaban J connectivity index is 2.82. The SMILES string of the molecule is C=C1CC(CC)C(C)C(O)C1C#CC. The van der Waals surface area contributed by atoms with Gasteiger partial charge in [0.1, 0.15) is 0 Å². The molecule has 0 aliphatic heterocycles. The first-order chi connectivity index (χ1) is 6.61. The Labute approximate surface area is 87.2 Å². The molecule has 1 aliphatic rings. The van der Waals surface area contributed by atoms with Gasteiger partial charge in [0.15, 0.2) is 0 Å². The minimum absolute atomic E-state index is 0.00204. The van der Waals surface area contributed by atoms with Crippen molar-refractivity contribution in [3.63, 3.8) is 0 Å². The van der Waals surface area contributed by atoms with Crippen LogP contribution in [-0.2, 0) is 0 Å². The maximum absolute atomic E-state index is 10.1. The van der Waals surface area contributed by atoms with Crippen molar-refractivity contribution in [2.75, 3.05) is 0 Å². The Hall–Kier alpha value is -0.740. The van der Waals surface area contributed by atoms with E-state index in [2.05, 4.69) is 32.3 Å². The van der Waals surface area contributed by atoms with Gasteiger partial charge in [0.25, 0.3) is 0 Å². The zero-order valence-corrected chi connectivity index (χ0v) is 9.38. The lowest BCUT2D eigenvalue weighted by Gasteiger charge is -2.37. The predicted molar refractivity (Wildman–Crippen MR) is 59.6 cm³/mol. The molecule has 1 saturated carbocycles. The molecule has 0 aromatic rings. The molecule has 1 nitrogen and oxygen atoms in total. The van der Waals surface area contributed by atoms with Crippen LogP contribution in [0.3, 0.4) is 0 Å². The van der Waals surface area contributed by atoms with E-state index in [1.165, 1.54) is 0 Å². The van der Waals surface area contributed by atoms with E-state index in [0.29, 0.717) is 11.8 Å². The van der Waals surface area contributed by atoms with Gasteiger partial charge in [-0.1, -0.05) is 38.3 Å². The first-order valence-electron chi connectivity index (χ1n) is 5.39. The van der Waals surface area contributed by atoms with Gasteiger partial charge in [0.05, 0.1) is 12.0 Å². The molecule has 4 unspecified atom stereocenters. The van der Waals surface area contributed by atoms with Crippen LogP contribution >= 0.6 is 0 Å². The molecule has 0 aromatic carbocycles. The first kappa shape index (κ1) is 11.3. The van der Waals surface area contributed by atoms with Gasteiger partial charge in [-0.25, -0.2) is 0 Å². The highest BCUT2D eigenvalue weighted by Crippen LogP contribution is 2.38. The normalized spacial score (nSPS) is 37.6. The molecule has 1 N–H and O–H groups in total. The summed E-state index contributed by atoms with van der Waals surface area (Å²) in [5.74, 6) is 6.86. The van der Waals surface area contributed by atoms with Crippen LogP contribution in [0.4, 0.5) is 0 Å². The molecule has 1 rings (SSSR count). The van der Waals surface area contributed by atoms with E-state index >= 15 is 0 Å². The van der Waals surface area contributed by atoms with E-state index < -0.39 is 0 Å². The minimum Gasteiger partial charge on any atom is -0.391 e. The highest BCUT2D eigenvalue weighted by molar-refractivity contribution is 5.22. The van der Waals surface area contributed by atoms with Gasteiger partial charge in [-0.3, -0.25) is 0 Å². The van der Waals surface area contributed by atoms with Crippen molar-refractivity contribution in [3.05, 3.63) is 12.2 Å². The molecule has 14 heavy (non-hydrogen) atoms. The largest absolute Gasteiger partial charge is 0.391 e. The Morgan fingerprint density at radius 2 is 2.21 bits per heavy atom. The summed E-state index contributed by atoms with van der Waals surface area (Å²) >= 11 is 0. The summed E-state index contributed by atoms with van der Waals surface area (Å²) in [7, 11) is 0. The summed E-state index contributed by atoms with van der Waals surface area (Å²) in [4.78, 5) is 0. The fourth-order valence-electron chi connectivity index (χ4n) is 2.33. The third-order valence-electron chi connectivity index (χ3n) is 3.41. The third-order valence-corrected chi connectivity index (χ3v) is 3.41. The van der Waals surface area contributed by atoms with E-state index in [-0.39, 0.29) is 12.0 Å². The number of aliphatic hydroxyl groups is 1. The molecule has 0 heterocycles. The average Bonchev–Trinajstić information content (AvgIpc) is 2.18. The molecule has 0 aromatic heterocycles. The van der Waals surface area contributed by atoms with Crippen molar-refractivity contribution < 1.29 is 5.11 Å². The molecule has 0 saturated heterocycles. The lowest BCUT2D eigenvalue weighted by molar-refractivity contribution is 0.0386. The van der Waals surface area contributed by atoms with Crippen LogP contribution in [0.5, 0.6) is 0 Å². The van der Waals surface area contributed by atoms with Crippen molar-refractivity contribution in [1.82, 2.24) is 0 Å². The van der Waals surface area contributed by atoms with E-state index in [0.717, 1.165) is 18.4 Å². The van der Waals surface area contributed by atoms with Crippen LogP contribution in [0.25, 0.3) is 0 Å². The van der Waals surface area contributed by atoms with E-state index in [1.807, 2.05) is 6.92 Å². The summed E-state index contributed by atoms with van der Waals surface area (Å²) in [6.07, 6.45) is 1.81. The van der Waals surface area contributed by atoms with Gasteiger partial charge in [0.2, 0.25) is 0 Å². The van der Waals surface area contributed by atoms with Gasteiger partial charge in [-0.15, -0.1) is 5.92 Å². The van der Waals surface area contributed by atoms with Crippen LogP contribution < -0.4 is 0 Å². The topological polar surface area (TPSA) is 20.2 Å². The molecule has 0 radical (unpaired) electrons. The van der Waals surface area contributed by atoms with Gasteiger partial charge >= 0.3 is 0 Å². The van der Waals surface area contributed by atoms with Crippen LogP contribution in [-0.4, -0.2) is 11.2 Å². The van der Waals surface area contributed by atoms with Gasteiger partial charge in [-0.2, -0.15) is 0 Å². The highest BCUT2D eigenvalue weighted by Gasteiger charge is 2.35. The van der Waals surface area contributed by atoms with Crippen LogP contribution in [0.15, 0.2) is 12.2 Å². The molecule has 4 atom stereocenters. The number of hydrogen-bond donors (Lipinski definition) is 1. The summed E-state index contributed by atoms with van der Waals surface area (Å²) in [6, 6.07) is 0. The van der Waals surface area contributed by atoms with Crippen molar-refractivity contribution in [1.29, 1.82) is 0 Å². The fraction of sp³-hybridized carbons (Fsp3) is 0.692. The van der Waals surface area contributed by atoms with E-state index in [4.69, 9.17) is 0 Å². The molecule has 78 valence electrons. The number of aliphatic hydroxyl groups excluding tert-OH is 1. The maximum Gasteiger partial charge on any atom is 0.0743 e. The van der Waals surface area contributed by atoms with E-state index in [9.17, 15) is 5.11 Å². The van der Waals surface area contributed by atoms with Gasteiger partial charge in [0, 0.05) is 0 Å². The van der Waals surface area contributed by atoms with Crippen LogP contribution in [0.2, 0.25) is 0 Å². The quantitative estimate of drug-likeness (QED) is 0.500. The van der Waals surface area contributed by atoms with Crippen molar-refractivity contribution in [3.8, 4) is 11.8 Å². The van der Waals surface area contributed by atoms with Crippen molar-refractivity contribution in [2.24, 2.45) is 17.8 Å². The third kappa shape index (κ3) is 2.01. The second-order valence-electron chi connectivity index (χ2n) is 4.25. The summed E-state index contributed by atoms with van der Waals surface area (Å²) in [5.41, 5.74) is 1.11. The first-order valence-corrected chi connectivity index (χ1v) is 5.39. The predicted octanol–water partition coefficient (Wildman–Crippen LogP) is 2.61. The lowest BCUT2D eigenvalue weighted by Crippen LogP contribution is -2.37. The number of hydrogen-bond acceptors (Lipinski definition) is 1. The molecule has 1 fully saturated rings. The van der Waals surface area contributed by atoms with Crippen molar-refractivity contribution >= 4 is 0 Å². The summed E-state index contributed by atoms with van der Waals surface area (Å²) in [5, 5.41) is 10.1. The standard InChI is InChI=1S/C13H20O/c1-5-7-12-9(3)8-11(6-2)10(4)13(12)14/h10-14H,3,6,8H2,1-2,4H3. The Kier molecular flexibility index (Phi) is 3.77. The fourth-order valence-corrected chi connectivity index (χ4v) is 2.33. The maximum atomic E-state index is 10.1. The molecular formula is C13H20O. The van der Waals surface area contributed by atoms with Gasteiger partial charge < -0.3 is 5.11 Å². The monoisotopic (exact) mass is 192 g/mol. The lowest BCUT2D eigenvalue weighted by atomic mass is 9.70. The average molecular weight is 192 g/mol. The number of rotatable bonds is 1. The molecular weight excluding hydrogens is 172 g/mol. The molecule has 0 amide bonds. The Morgan fingerprint density at radius 3 is 2.71 bits per heavy atom. The summed E-state index contributed by atoms with van der Waals surface area (Å²) < 4.78 is 0. The smallest absolute Gasteiger partial charge is 0.0743 e. The molecule has 0 spiro atoms. The zero-order valence-electron chi connectivity index (χ0n) is 9.38.